The Morgan fingerprint density at radius 1 is 1.56 bits per heavy atom. The number of hydrogen-bond donors (Lipinski definition) is 1. The van der Waals surface area contributed by atoms with Gasteiger partial charge in [-0.05, 0) is 4.92 Å². The highest BCUT2D eigenvalue weighted by molar-refractivity contribution is 5.75. The van der Waals surface area contributed by atoms with Gasteiger partial charge < -0.3 is 15.4 Å². The molecule has 0 fully saturated rings. The van der Waals surface area contributed by atoms with E-state index in [2.05, 4.69) is 4.98 Å². The summed E-state index contributed by atoms with van der Waals surface area (Å²) in [5.41, 5.74) is 0. The maximum Gasteiger partial charge on any atom is 0.435 e. The monoisotopic (exact) mass is 263 g/mol. The second-order valence-electron chi connectivity index (χ2n) is 3.27. The summed E-state index contributed by atoms with van der Waals surface area (Å²) in [6.45, 7) is -1.34. The first-order valence-corrected chi connectivity index (χ1v) is 4.76. The van der Waals surface area contributed by atoms with Crippen LogP contribution >= 0.6 is 0 Å². The lowest BCUT2D eigenvalue weighted by Gasteiger charge is -2.08. The van der Waals surface area contributed by atoms with Crippen molar-refractivity contribution in [3.8, 4) is 0 Å². The quantitative estimate of drug-likeness (QED) is 0.598. The minimum absolute atomic E-state index is 0.494. The molecule has 1 aromatic heterocycles. The number of rotatable bonds is 6. The number of carbonyl (C=O) groups excluding carboxylic acids is 1. The van der Waals surface area contributed by atoms with Crippen LogP contribution in [0.4, 0.5) is 19.1 Å². The molecule has 10 heteroatoms. The Morgan fingerprint density at radius 3 is 2.78 bits per heavy atom. The second kappa shape index (κ2) is 5.98. The van der Waals surface area contributed by atoms with Crippen LogP contribution in [-0.4, -0.2) is 39.5 Å². The maximum atomic E-state index is 12.5. The fraction of sp³-hybridized carbons (Fsp3) is 0.500. The Labute approximate surface area is 98.8 Å². The van der Waals surface area contributed by atoms with Gasteiger partial charge in [-0.25, -0.2) is 17.7 Å². The molecule has 1 heterocycles. The van der Waals surface area contributed by atoms with Gasteiger partial charge in [0.15, 0.2) is 12.7 Å². The molecule has 0 spiro atoms. The first kappa shape index (κ1) is 13.9. The van der Waals surface area contributed by atoms with Crippen LogP contribution in [0.5, 0.6) is 0 Å². The zero-order chi connectivity index (χ0) is 13.7. The van der Waals surface area contributed by atoms with E-state index < -0.39 is 42.5 Å². The van der Waals surface area contributed by atoms with Crippen molar-refractivity contribution >= 4 is 11.9 Å². The predicted octanol–water partition coefficient (Wildman–Crippen LogP) is 0.511. The van der Waals surface area contributed by atoms with E-state index in [-0.39, 0.29) is 0 Å². The van der Waals surface area contributed by atoms with E-state index >= 15 is 0 Å². The number of halogens is 3. The number of nitro groups is 1. The molecule has 0 saturated heterocycles. The highest BCUT2D eigenvalue weighted by Gasteiger charge is 2.21. The van der Waals surface area contributed by atoms with Gasteiger partial charge in [-0.15, -0.1) is 0 Å². The lowest BCUT2D eigenvalue weighted by atomic mass is 10.4. The lowest BCUT2D eigenvalue weighted by molar-refractivity contribution is -0.396. The summed E-state index contributed by atoms with van der Waals surface area (Å²) >= 11 is 0. The molecule has 1 atom stereocenters. The Hall–Kier alpha value is -2.13. The van der Waals surface area contributed by atoms with Crippen LogP contribution in [0.25, 0.3) is 0 Å². The Morgan fingerprint density at radius 2 is 2.22 bits per heavy atom. The van der Waals surface area contributed by atoms with Crippen molar-refractivity contribution in [3.05, 3.63) is 22.5 Å². The molecule has 0 radical (unpaired) electrons. The zero-order valence-corrected chi connectivity index (χ0v) is 8.92. The number of imidazole rings is 1. The number of alkyl halides is 3. The van der Waals surface area contributed by atoms with Crippen LogP contribution in [0.3, 0.4) is 0 Å². The Balaban J connectivity index is 2.50. The molecule has 1 N–H and O–H groups in total. The standard InChI is InChI=1S/C8H9F3N4O3/c9-5(7(10)11)3-13-6(16)4-14-2-1-12-8(14)15(17)18/h1-2,5,7H,3-4H2,(H,13,16)/i9-1,10-1,11-1. The van der Waals surface area contributed by atoms with Gasteiger partial charge in [-0.1, -0.05) is 4.98 Å². The molecule has 0 saturated carbocycles. The third-order valence-corrected chi connectivity index (χ3v) is 1.94. The van der Waals surface area contributed by atoms with Gasteiger partial charge in [0.2, 0.25) is 0 Å². The van der Waals surface area contributed by atoms with Gasteiger partial charge in [-0.3, -0.25) is 4.79 Å². The van der Waals surface area contributed by atoms with E-state index in [0.29, 0.717) is 0 Å². The van der Waals surface area contributed by atoms with Crippen molar-refractivity contribution in [2.24, 2.45) is 0 Å². The molecule has 1 amide bonds. The number of nitrogens with one attached hydrogen (secondary N) is 1. The van der Waals surface area contributed by atoms with Crippen molar-refractivity contribution in [2.45, 2.75) is 19.1 Å². The van der Waals surface area contributed by atoms with Crippen LogP contribution in [0.15, 0.2) is 12.4 Å². The molecule has 100 valence electrons. The SMILES string of the molecule is O=C(Cn1ccnc1[N+](=O)[O-])NCC([18F])C([18F])[18F]. The predicted molar refractivity (Wildman–Crippen MR) is 52.8 cm³/mol. The molecule has 7 nitrogen and oxygen atoms in total. The third-order valence-electron chi connectivity index (χ3n) is 1.94. The van der Waals surface area contributed by atoms with Gasteiger partial charge in [0.25, 0.3) is 12.3 Å². The van der Waals surface area contributed by atoms with Crippen LogP contribution < -0.4 is 5.32 Å². The number of aromatic nitrogens is 2. The normalized spacial score (nSPS) is 12.4. The smallest absolute Gasteiger partial charge is 0.390 e. The van der Waals surface area contributed by atoms with E-state index in [1.807, 2.05) is 5.32 Å². The molecule has 1 unspecified atom stereocenters. The van der Waals surface area contributed by atoms with Crippen molar-refractivity contribution in [1.82, 2.24) is 14.9 Å². The van der Waals surface area contributed by atoms with Crippen LogP contribution in [-0.2, 0) is 11.3 Å². The summed E-state index contributed by atoms with van der Waals surface area (Å²) in [6, 6.07) is 0. The first-order valence-electron chi connectivity index (χ1n) is 4.76. The van der Waals surface area contributed by atoms with Gasteiger partial charge in [0.05, 0.1) is 6.54 Å². The second-order valence-corrected chi connectivity index (χ2v) is 3.27. The first-order chi connectivity index (χ1) is 8.41. The number of carbonyl (C=O) groups is 1. The molecule has 0 aliphatic rings. The van der Waals surface area contributed by atoms with E-state index in [0.717, 1.165) is 10.8 Å². The van der Waals surface area contributed by atoms with Crippen molar-refractivity contribution < 1.29 is 22.9 Å². The highest BCUT2D eigenvalue weighted by Crippen LogP contribution is 2.07. The molecule has 0 aliphatic carbocycles. The van der Waals surface area contributed by atoms with Gasteiger partial charge >= 0.3 is 5.95 Å². The topological polar surface area (TPSA) is 90.1 Å². The van der Waals surface area contributed by atoms with Crippen LogP contribution in [0.1, 0.15) is 0 Å². The van der Waals surface area contributed by atoms with Crippen molar-refractivity contribution in [2.75, 3.05) is 6.54 Å². The van der Waals surface area contributed by atoms with Crippen molar-refractivity contribution in [3.63, 3.8) is 0 Å². The summed E-state index contributed by atoms with van der Waals surface area (Å²) < 4.78 is 37.0. The van der Waals surface area contributed by atoms with Crippen molar-refractivity contribution in [1.29, 1.82) is 0 Å². The summed E-state index contributed by atoms with van der Waals surface area (Å²) in [7, 11) is 0. The molecule has 0 bridgehead atoms. The summed E-state index contributed by atoms with van der Waals surface area (Å²) in [5.74, 6) is -1.38. The highest BCUT2D eigenvalue weighted by atomic mass is 18.3. The summed E-state index contributed by atoms with van der Waals surface area (Å²) in [5, 5.41) is 12.4. The number of nitrogens with zero attached hydrogens (tertiary/aromatic N) is 3. The number of hydrogen-bond acceptors (Lipinski definition) is 4. The fourth-order valence-electron chi connectivity index (χ4n) is 1.11. The molecular formula is C8H9F3N4O3. The van der Waals surface area contributed by atoms with Crippen LogP contribution in [0, 0.1) is 10.1 Å². The van der Waals surface area contributed by atoms with Gasteiger partial charge in [0.1, 0.15) is 12.4 Å². The fourth-order valence-corrected chi connectivity index (χ4v) is 1.11. The molecule has 1 aromatic rings. The minimum Gasteiger partial charge on any atom is -0.390 e. The molecular weight excluding hydrogens is 254 g/mol. The zero-order valence-electron chi connectivity index (χ0n) is 8.92. The van der Waals surface area contributed by atoms with E-state index in [9.17, 15) is 28.1 Å². The molecule has 0 aromatic carbocycles. The number of amides is 1. The molecule has 1 rings (SSSR count). The lowest BCUT2D eigenvalue weighted by Crippen LogP contribution is -2.35. The maximum absolute atomic E-state index is 12.5. The Kier molecular flexibility index (Phi) is 4.63. The largest absolute Gasteiger partial charge is 0.435 e. The van der Waals surface area contributed by atoms with E-state index in [1.165, 1.54) is 6.20 Å². The van der Waals surface area contributed by atoms with Crippen LogP contribution in [0.2, 0.25) is 0 Å². The minimum atomic E-state index is -3.19. The molecule has 18 heavy (non-hydrogen) atoms. The summed E-state index contributed by atoms with van der Waals surface area (Å²) in [6.07, 6.45) is -3.36. The van der Waals surface area contributed by atoms with E-state index in [1.54, 1.807) is 0 Å². The molecule has 0 aliphatic heterocycles. The Bertz CT molecular complexity index is 437. The third kappa shape index (κ3) is 3.71. The average Bonchev–Trinajstić information content (AvgIpc) is 2.73. The average molecular weight is 263 g/mol. The van der Waals surface area contributed by atoms with E-state index in [4.69, 9.17) is 0 Å². The van der Waals surface area contributed by atoms with Gasteiger partial charge in [0, 0.05) is 0 Å². The summed E-state index contributed by atoms with van der Waals surface area (Å²) in [4.78, 5) is 24.3. The van der Waals surface area contributed by atoms with Gasteiger partial charge in [-0.2, -0.15) is 0 Å².